The summed E-state index contributed by atoms with van der Waals surface area (Å²) in [5, 5.41) is 2.86. The monoisotopic (exact) mass is 312 g/mol. The van der Waals surface area contributed by atoms with Crippen molar-refractivity contribution in [3.63, 3.8) is 0 Å². The molecule has 0 unspecified atom stereocenters. The lowest BCUT2D eigenvalue weighted by molar-refractivity contribution is 0.100. The second kappa shape index (κ2) is 5.34. The molecule has 0 saturated carbocycles. The number of aldehydes is 1. The number of anilines is 1. The van der Waals surface area contributed by atoms with Gasteiger partial charge in [-0.1, -0.05) is 12.1 Å². The van der Waals surface area contributed by atoms with Crippen molar-refractivity contribution in [2.24, 2.45) is 11.5 Å². The Labute approximate surface area is 129 Å². The third-order valence-corrected chi connectivity index (χ3v) is 3.32. The summed E-state index contributed by atoms with van der Waals surface area (Å²) in [5.41, 5.74) is 11.8. The number of aromatic nitrogens is 1. The molecule has 0 radical (unpaired) electrons. The van der Waals surface area contributed by atoms with E-state index in [1.54, 1.807) is 30.3 Å². The highest BCUT2D eigenvalue weighted by Gasteiger charge is 2.18. The van der Waals surface area contributed by atoms with Gasteiger partial charge in [-0.25, -0.2) is 4.79 Å². The van der Waals surface area contributed by atoms with E-state index in [2.05, 4.69) is 10.3 Å². The van der Waals surface area contributed by atoms with Crippen LogP contribution in [0.3, 0.4) is 0 Å². The normalized spacial score (nSPS) is 10.6. The summed E-state index contributed by atoms with van der Waals surface area (Å²) >= 11 is 0. The molecule has 23 heavy (non-hydrogen) atoms. The van der Waals surface area contributed by atoms with Gasteiger partial charge in [-0.2, -0.15) is 0 Å². The second-order valence-corrected chi connectivity index (χ2v) is 4.81. The van der Waals surface area contributed by atoms with Crippen molar-refractivity contribution >= 4 is 34.9 Å². The molecule has 8 nitrogen and oxygen atoms in total. The van der Waals surface area contributed by atoms with Crippen molar-refractivity contribution in [3.8, 4) is 11.3 Å². The fourth-order valence-electron chi connectivity index (χ4n) is 2.39. The van der Waals surface area contributed by atoms with Crippen LogP contribution in [0.1, 0.15) is 20.9 Å². The zero-order chi connectivity index (χ0) is 16.6. The second-order valence-electron chi connectivity index (χ2n) is 4.81. The number of urea groups is 1. The number of nitrogens with one attached hydrogen (secondary N) is 2. The molecule has 0 aliphatic heterocycles. The zero-order valence-electron chi connectivity index (χ0n) is 11.8. The smallest absolute Gasteiger partial charge is 0.317 e. The number of benzene rings is 1. The highest BCUT2D eigenvalue weighted by Crippen LogP contribution is 2.30. The third-order valence-electron chi connectivity index (χ3n) is 3.32. The van der Waals surface area contributed by atoms with Gasteiger partial charge < -0.3 is 20.9 Å². The number of carbonyl (C=O) groups excluding carboxylic acids is 3. The van der Waals surface area contributed by atoms with E-state index in [0.29, 0.717) is 28.5 Å². The lowest BCUT2D eigenvalue weighted by atomic mass is 10.1. The van der Waals surface area contributed by atoms with E-state index in [9.17, 15) is 14.4 Å². The van der Waals surface area contributed by atoms with Crippen molar-refractivity contribution in [1.82, 2.24) is 4.98 Å². The average molecular weight is 312 g/mol. The van der Waals surface area contributed by atoms with Gasteiger partial charge in [-0.15, -0.1) is 0 Å². The fraction of sp³-hybridized carbons (Fsp3) is 0. The quantitative estimate of drug-likeness (QED) is 0.544. The van der Waals surface area contributed by atoms with Crippen LogP contribution in [-0.4, -0.2) is 23.2 Å². The van der Waals surface area contributed by atoms with Crippen molar-refractivity contribution < 1.29 is 18.8 Å². The number of amides is 3. The maximum absolute atomic E-state index is 11.6. The Morgan fingerprint density at radius 2 is 1.96 bits per heavy atom. The number of aromatic amines is 1. The van der Waals surface area contributed by atoms with Gasteiger partial charge in [0.1, 0.15) is 11.6 Å². The molecule has 0 saturated heterocycles. The van der Waals surface area contributed by atoms with E-state index in [1.165, 1.54) is 0 Å². The van der Waals surface area contributed by atoms with Crippen LogP contribution in [-0.2, 0) is 0 Å². The Morgan fingerprint density at radius 1 is 1.17 bits per heavy atom. The summed E-state index contributed by atoms with van der Waals surface area (Å²) in [6.45, 7) is 0. The number of furan rings is 1. The first kappa shape index (κ1) is 14.4. The molecule has 0 bridgehead atoms. The number of hydrogen-bond donors (Lipinski definition) is 4. The van der Waals surface area contributed by atoms with Crippen molar-refractivity contribution in [2.45, 2.75) is 0 Å². The van der Waals surface area contributed by atoms with Gasteiger partial charge in [0.25, 0.3) is 5.91 Å². The van der Waals surface area contributed by atoms with Crippen LogP contribution in [0.4, 0.5) is 10.6 Å². The highest BCUT2D eigenvalue weighted by atomic mass is 16.3. The lowest BCUT2D eigenvalue weighted by Gasteiger charge is -2.00. The molecular weight excluding hydrogens is 300 g/mol. The largest absolute Gasteiger partial charge is 0.453 e. The van der Waals surface area contributed by atoms with Gasteiger partial charge in [0, 0.05) is 16.5 Å². The Bertz CT molecular complexity index is 938. The first-order valence-corrected chi connectivity index (χ1v) is 6.57. The average Bonchev–Trinajstić information content (AvgIpc) is 3.09. The van der Waals surface area contributed by atoms with E-state index in [0.717, 1.165) is 0 Å². The number of primary amides is 2. The van der Waals surface area contributed by atoms with Gasteiger partial charge in [-0.3, -0.25) is 14.9 Å². The number of H-pyrrole nitrogens is 1. The van der Waals surface area contributed by atoms with Crippen LogP contribution in [0.5, 0.6) is 0 Å². The minimum Gasteiger partial charge on any atom is -0.453 e. The van der Waals surface area contributed by atoms with Crippen molar-refractivity contribution in [3.05, 3.63) is 41.7 Å². The van der Waals surface area contributed by atoms with Crippen molar-refractivity contribution in [1.29, 1.82) is 0 Å². The minimum atomic E-state index is -0.819. The summed E-state index contributed by atoms with van der Waals surface area (Å²) in [6, 6.07) is 7.48. The third kappa shape index (κ3) is 2.53. The summed E-state index contributed by atoms with van der Waals surface area (Å²) in [5.74, 6) is 0.133. The van der Waals surface area contributed by atoms with Crippen LogP contribution in [0.25, 0.3) is 22.2 Å². The summed E-state index contributed by atoms with van der Waals surface area (Å²) < 4.78 is 5.35. The van der Waals surface area contributed by atoms with Gasteiger partial charge >= 0.3 is 6.03 Å². The number of hydrogen-bond acceptors (Lipinski definition) is 4. The van der Waals surface area contributed by atoms with Gasteiger partial charge in [0.05, 0.1) is 5.56 Å². The Morgan fingerprint density at radius 3 is 2.57 bits per heavy atom. The molecule has 3 amide bonds. The van der Waals surface area contributed by atoms with E-state index in [-0.39, 0.29) is 17.1 Å². The van der Waals surface area contributed by atoms with Crippen LogP contribution >= 0.6 is 0 Å². The SMILES string of the molecule is NC(=O)Nc1[nH]c2cc(-c3ccc(C=O)o3)ccc2c1C(N)=O. The van der Waals surface area contributed by atoms with Gasteiger partial charge in [0.15, 0.2) is 12.0 Å². The summed E-state index contributed by atoms with van der Waals surface area (Å²) in [4.78, 5) is 36.2. The summed E-state index contributed by atoms with van der Waals surface area (Å²) in [7, 11) is 0. The minimum absolute atomic E-state index is 0.130. The van der Waals surface area contributed by atoms with Crippen LogP contribution in [0, 0.1) is 0 Å². The molecule has 0 fully saturated rings. The molecule has 2 heterocycles. The summed E-state index contributed by atoms with van der Waals surface area (Å²) in [6.07, 6.45) is 0.608. The van der Waals surface area contributed by atoms with E-state index in [1.807, 2.05) is 0 Å². The van der Waals surface area contributed by atoms with E-state index < -0.39 is 11.9 Å². The number of fused-ring (bicyclic) bond motifs is 1. The number of carbonyl (C=O) groups is 3. The lowest BCUT2D eigenvalue weighted by Crippen LogP contribution is -2.22. The standard InChI is InChI=1S/C15H12N4O4/c16-13(21)12-9-3-1-7(11-4-2-8(6-20)23-11)5-10(9)18-14(12)19-15(17)22/h1-6,18H,(H2,16,21)(H3,17,19,22). The van der Waals surface area contributed by atoms with E-state index >= 15 is 0 Å². The van der Waals surface area contributed by atoms with Crippen molar-refractivity contribution in [2.75, 3.05) is 5.32 Å². The maximum Gasteiger partial charge on any atom is 0.317 e. The van der Waals surface area contributed by atoms with Crippen LogP contribution < -0.4 is 16.8 Å². The molecule has 3 rings (SSSR count). The molecule has 8 heteroatoms. The zero-order valence-corrected chi connectivity index (χ0v) is 11.8. The molecule has 0 aliphatic carbocycles. The molecular formula is C15H12N4O4. The number of nitrogens with two attached hydrogens (primary N) is 2. The maximum atomic E-state index is 11.6. The molecule has 116 valence electrons. The Balaban J connectivity index is 2.14. The van der Waals surface area contributed by atoms with Gasteiger partial charge in [-0.05, 0) is 18.2 Å². The van der Waals surface area contributed by atoms with Crippen LogP contribution in [0.2, 0.25) is 0 Å². The number of rotatable bonds is 4. The van der Waals surface area contributed by atoms with E-state index in [4.69, 9.17) is 15.9 Å². The predicted octanol–water partition coefficient (Wildman–Crippen LogP) is 1.83. The molecule has 0 aliphatic rings. The molecule has 2 aromatic heterocycles. The Hall–Kier alpha value is -3.55. The molecule has 6 N–H and O–H groups in total. The first-order chi connectivity index (χ1) is 11.0. The first-order valence-electron chi connectivity index (χ1n) is 6.57. The molecule has 1 aromatic carbocycles. The predicted molar refractivity (Wildman–Crippen MR) is 83.1 cm³/mol. The van der Waals surface area contributed by atoms with Gasteiger partial charge in [0.2, 0.25) is 0 Å². The molecule has 0 spiro atoms. The molecule has 0 atom stereocenters. The topological polar surface area (TPSA) is 144 Å². The molecule has 3 aromatic rings. The van der Waals surface area contributed by atoms with Crippen LogP contribution in [0.15, 0.2) is 34.7 Å². The highest BCUT2D eigenvalue weighted by molar-refractivity contribution is 6.13. The fourth-order valence-corrected chi connectivity index (χ4v) is 2.39. The Kier molecular flexibility index (Phi) is 3.34.